The largest absolute Gasteiger partial charge is 0.508 e. The van der Waals surface area contributed by atoms with Gasteiger partial charge in [-0.3, -0.25) is 0 Å². The summed E-state index contributed by atoms with van der Waals surface area (Å²) < 4.78 is 0. The van der Waals surface area contributed by atoms with Crippen LogP contribution in [0.2, 0.25) is 0 Å². The maximum Gasteiger partial charge on any atom is 0.208 e. The van der Waals surface area contributed by atoms with E-state index in [1.165, 1.54) is 7.85 Å². The third kappa shape index (κ3) is 4.54. The first-order valence-corrected chi connectivity index (χ1v) is 16.7. The molecular formula is C36H27B3O21. The van der Waals surface area contributed by atoms with Crippen LogP contribution in [0.5, 0.6) is 121 Å². The van der Waals surface area contributed by atoms with Gasteiger partial charge in [-0.25, -0.2) is 0 Å². The third-order valence-corrected chi connectivity index (χ3v) is 10.8. The van der Waals surface area contributed by atoms with Crippen LogP contribution in [0.1, 0.15) is 0 Å². The fourth-order valence-electron chi connectivity index (χ4n) is 7.66. The highest BCUT2D eigenvalue weighted by atomic mass is 16.4. The van der Waals surface area contributed by atoms with E-state index in [1.807, 2.05) is 0 Å². The summed E-state index contributed by atoms with van der Waals surface area (Å²) in [5.74, 6) is -30.5. The van der Waals surface area contributed by atoms with Gasteiger partial charge in [0.25, 0.3) is 0 Å². The Balaban J connectivity index is 1.95. The van der Waals surface area contributed by atoms with E-state index in [0.717, 1.165) is 15.7 Å². The monoisotopic (exact) mass is 828 g/mol. The second kappa shape index (κ2) is 12.4. The molecule has 0 amide bonds. The second-order valence-electron chi connectivity index (χ2n) is 13.7. The van der Waals surface area contributed by atoms with Crippen molar-refractivity contribution < 1.29 is 107 Å². The maximum absolute atomic E-state index is 11.7. The lowest BCUT2D eigenvalue weighted by molar-refractivity contribution is 0.330. The Bertz CT molecular complexity index is 3060. The van der Waals surface area contributed by atoms with Crippen LogP contribution >= 0.6 is 0 Å². The molecule has 0 atom stereocenters. The topological polar surface area (TPSA) is 425 Å². The highest BCUT2D eigenvalue weighted by molar-refractivity contribution is 6.57. The van der Waals surface area contributed by atoms with Crippen molar-refractivity contribution in [2.24, 2.45) is 0 Å². The number of phenols is 21. The van der Waals surface area contributed by atoms with Gasteiger partial charge >= 0.3 is 0 Å². The Labute approximate surface area is 333 Å². The first kappa shape index (κ1) is 39.5. The summed E-state index contributed by atoms with van der Waals surface area (Å²) in [7, 11) is 3.43. The molecule has 0 aliphatic rings. The van der Waals surface area contributed by atoms with Crippen LogP contribution in [-0.4, -0.2) is 131 Å². The molecule has 0 fully saturated rings. The number of rotatable bonds is 3. The van der Waals surface area contributed by atoms with Crippen molar-refractivity contribution in [3.8, 4) is 154 Å². The Morgan fingerprint density at radius 1 is 0.150 bits per heavy atom. The molecule has 0 saturated heterocycles. The molecule has 306 valence electrons. The van der Waals surface area contributed by atoms with Gasteiger partial charge in [-0.15, -0.1) is 0 Å². The lowest BCUT2D eigenvalue weighted by atomic mass is 9.68. The highest BCUT2D eigenvalue weighted by Crippen LogP contribution is 2.66. The van der Waals surface area contributed by atoms with Crippen LogP contribution in [-0.2, 0) is 0 Å². The van der Waals surface area contributed by atoms with Crippen molar-refractivity contribution in [2.75, 3.05) is 0 Å². The standard InChI is InChI=1S/C36H27B3O21/c37-13-3(9-10(22(46)33(57)32(56)21(9)45)4(14(13)38)12-16(40)15(39)26(50)27(51)25(12)49)1-5-7(19(43)30(54)28(52)17(5)41)2(8-6(1)18(42)29(53)31(55)20(8)44)11-23(47)34(58)36(60)35(59)24(11)48/h40-60H,37-39H2. The van der Waals surface area contributed by atoms with E-state index < -0.39 is 192 Å². The van der Waals surface area contributed by atoms with E-state index in [1.54, 1.807) is 0 Å². The normalized spacial score (nSPS) is 11.6. The van der Waals surface area contributed by atoms with Gasteiger partial charge in [-0.1, -0.05) is 10.9 Å². The molecule has 0 bridgehead atoms. The Morgan fingerprint density at radius 2 is 0.333 bits per heavy atom. The average molecular weight is 828 g/mol. The summed E-state index contributed by atoms with van der Waals surface area (Å²) in [4.78, 5) is 0. The minimum absolute atomic E-state index is 0.264. The number of phenolic OH excluding ortho intramolecular Hbond substituents is 21. The molecule has 7 rings (SSSR count). The molecule has 21 N–H and O–H groups in total. The SMILES string of the molecule is Bc1c(O)c(O)c(O)c(-c2c(B)c(B)c(-c3c4c(O)c(O)c(O)c(O)c4c(-c4c(O)c(O)c(O)c(O)c4O)c4c(O)c(O)c(O)c(O)c34)c3c(O)c(O)c(O)c(O)c23)c1O. The fourth-order valence-corrected chi connectivity index (χ4v) is 7.66. The van der Waals surface area contributed by atoms with E-state index >= 15 is 0 Å². The number of hydrogen-bond donors (Lipinski definition) is 21. The maximum atomic E-state index is 11.7. The molecular weight excluding hydrogens is 801 g/mol. The predicted molar refractivity (Wildman–Crippen MR) is 215 cm³/mol. The van der Waals surface area contributed by atoms with E-state index in [2.05, 4.69) is 0 Å². The van der Waals surface area contributed by atoms with Gasteiger partial charge in [-0.05, 0) is 16.6 Å². The third-order valence-electron chi connectivity index (χ3n) is 10.8. The molecule has 60 heavy (non-hydrogen) atoms. The smallest absolute Gasteiger partial charge is 0.208 e. The van der Waals surface area contributed by atoms with Crippen LogP contribution in [0.15, 0.2) is 0 Å². The molecule has 24 heteroatoms. The Kier molecular flexibility index (Phi) is 8.18. The van der Waals surface area contributed by atoms with Gasteiger partial charge in [0.05, 0.1) is 11.1 Å². The van der Waals surface area contributed by atoms with Crippen molar-refractivity contribution in [1.82, 2.24) is 0 Å². The molecule has 0 aromatic heterocycles. The molecule has 0 unspecified atom stereocenters. The van der Waals surface area contributed by atoms with Gasteiger partial charge in [-0.2, -0.15) is 0 Å². The predicted octanol–water partition coefficient (Wildman–Crippen LogP) is -1.26. The van der Waals surface area contributed by atoms with Crippen LogP contribution < -0.4 is 16.4 Å². The summed E-state index contributed by atoms with van der Waals surface area (Å²) in [5.41, 5.74) is -6.56. The van der Waals surface area contributed by atoms with E-state index in [0.29, 0.717) is 0 Å². The molecule has 21 nitrogen and oxygen atoms in total. The zero-order chi connectivity index (χ0) is 44.8. The highest BCUT2D eigenvalue weighted by Gasteiger charge is 2.39. The minimum Gasteiger partial charge on any atom is -0.508 e. The number of hydrogen-bond acceptors (Lipinski definition) is 21. The van der Waals surface area contributed by atoms with Crippen molar-refractivity contribution in [2.45, 2.75) is 0 Å². The minimum atomic E-state index is -1.59. The summed E-state index contributed by atoms with van der Waals surface area (Å²) >= 11 is 0. The summed E-state index contributed by atoms with van der Waals surface area (Å²) in [6.07, 6.45) is 0. The van der Waals surface area contributed by atoms with Crippen molar-refractivity contribution >= 4 is 72.2 Å². The first-order chi connectivity index (χ1) is 27.9. The number of benzene rings is 7. The van der Waals surface area contributed by atoms with Crippen molar-refractivity contribution in [3.05, 3.63) is 0 Å². The molecule has 0 radical (unpaired) electrons. The molecule has 0 spiro atoms. The van der Waals surface area contributed by atoms with Crippen molar-refractivity contribution in [3.63, 3.8) is 0 Å². The molecule has 0 aliphatic heterocycles. The summed E-state index contributed by atoms with van der Waals surface area (Å²) in [6, 6.07) is 0. The average Bonchev–Trinajstić information content (AvgIpc) is 3.22. The number of fused-ring (bicyclic) bond motifs is 3. The Morgan fingerprint density at radius 3 is 0.633 bits per heavy atom. The number of aromatic hydroxyl groups is 21. The van der Waals surface area contributed by atoms with Crippen LogP contribution in [0.4, 0.5) is 0 Å². The molecule has 0 saturated carbocycles. The van der Waals surface area contributed by atoms with E-state index in [-0.39, 0.29) is 10.9 Å². The van der Waals surface area contributed by atoms with Gasteiger partial charge < -0.3 is 107 Å². The van der Waals surface area contributed by atoms with Crippen LogP contribution in [0, 0.1) is 0 Å². The molecule has 7 aromatic rings. The van der Waals surface area contributed by atoms with Gasteiger partial charge in [0.15, 0.2) is 57.5 Å². The molecule has 0 heterocycles. The summed E-state index contributed by atoms with van der Waals surface area (Å²) in [6.45, 7) is 0. The van der Waals surface area contributed by atoms with E-state index in [4.69, 9.17) is 0 Å². The quantitative estimate of drug-likeness (QED) is 0.0428. The van der Waals surface area contributed by atoms with Crippen LogP contribution in [0.3, 0.4) is 0 Å². The van der Waals surface area contributed by atoms with Crippen molar-refractivity contribution in [1.29, 1.82) is 0 Å². The lowest BCUT2D eigenvalue weighted by Gasteiger charge is -2.27. The van der Waals surface area contributed by atoms with Crippen LogP contribution in [0.25, 0.3) is 65.7 Å². The Hall–Kier alpha value is -8.69. The summed E-state index contributed by atoms with van der Waals surface area (Å²) in [5, 5.41) is 226. The fraction of sp³-hybridized carbons (Fsp3) is 0. The van der Waals surface area contributed by atoms with E-state index in [9.17, 15) is 107 Å². The first-order valence-electron chi connectivity index (χ1n) is 16.7. The second-order valence-corrected chi connectivity index (χ2v) is 13.7. The molecule has 0 aliphatic carbocycles. The van der Waals surface area contributed by atoms with Gasteiger partial charge in [0, 0.05) is 43.4 Å². The van der Waals surface area contributed by atoms with Gasteiger partial charge in [0.1, 0.15) is 29.3 Å². The molecule has 7 aromatic carbocycles. The zero-order valence-corrected chi connectivity index (χ0v) is 30.4. The zero-order valence-electron chi connectivity index (χ0n) is 30.4. The lowest BCUT2D eigenvalue weighted by Crippen LogP contribution is -2.30. The van der Waals surface area contributed by atoms with Gasteiger partial charge in [0.2, 0.25) is 57.5 Å².